The molecule has 1 N–H and O–H groups in total. The smallest absolute Gasteiger partial charge is 0.226 e. The Labute approximate surface area is 138 Å². The van der Waals surface area contributed by atoms with Gasteiger partial charge in [-0.25, -0.2) is 4.98 Å². The zero-order valence-corrected chi connectivity index (χ0v) is 13.5. The second-order valence-electron chi connectivity index (χ2n) is 5.56. The monoisotopic (exact) mass is 329 g/mol. The van der Waals surface area contributed by atoms with E-state index < -0.39 is 5.66 Å². The number of halogens is 1. The summed E-state index contributed by atoms with van der Waals surface area (Å²) in [5, 5.41) is 11.5. The number of nitrogens with one attached hydrogen (secondary N) is 1. The Balaban J connectivity index is 1.62. The number of benzene rings is 1. The third-order valence-corrected chi connectivity index (χ3v) is 4.13. The molecule has 1 amide bonds. The lowest BCUT2D eigenvalue weighted by atomic mass is 10.0. The van der Waals surface area contributed by atoms with Gasteiger partial charge in [0, 0.05) is 37.8 Å². The first-order valence-corrected chi connectivity index (χ1v) is 7.70. The average molecular weight is 330 g/mol. The zero-order chi connectivity index (χ0) is 16.4. The van der Waals surface area contributed by atoms with E-state index >= 15 is 0 Å². The van der Waals surface area contributed by atoms with Gasteiger partial charge in [0.05, 0.1) is 11.0 Å². The molecule has 3 rings (SSSR count). The summed E-state index contributed by atoms with van der Waals surface area (Å²) >= 11 is 5.96. The Hall–Kier alpha value is -2.39. The number of hydrogen-bond acceptors (Lipinski definition) is 4. The molecule has 0 fully saturated rings. The summed E-state index contributed by atoms with van der Waals surface area (Å²) in [5.74, 6) is 2.95. The molecule has 1 aromatic heterocycles. The number of amides is 1. The van der Waals surface area contributed by atoms with Crippen LogP contribution in [0.2, 0.25) is 5.02 Å². The van der Waals surface area contributed by atoms with Crippen molar-refractivity contribution in [3.05, 3.63) is 23.2 Å². The van der Waals surface area contributed by atoms with Gasteiger partial charge >= 0.3 is 0 Å². The molecule has 0 atom stereocenters. The summed E-state index contributed by atoms with van der Waals surface area (Å²) in [6, 6.07) is 5.43. The molecule has 7 heteroatoms. The molecule has 1 aromatic carbocycles. The minimum atomic E-state index is -0.441. The van der Waals surface area contributed by atoms with E-state index in [1.807, 2.05) is 17.7 Å². The number of aromatic nitrogens is 2. The van der Waals surface area contributed by atoms with Gasteiger partial charge in [0.25, 0.3) is 0 Å². The topological polar surface area (TPSA) is 71.6 Å². The molecule has 2 aromatic rings. The summed E-state index contributed by atoms with van der Waals surface area (Å²) < 4.78 is 1.82. The van der Waals surface area contributed by atoms with E-state index in [1.54, 1.807) is 12.1 Å². The van der Waals surface area contributed by atoms with Crippen molar-refractivity contribution in [1.82, 2.24) is 9.55 Å². The van der Waals surface area contributed by atoms with E-state index in [1.165, 1.54) is 0 Å². The predicted octanol–water partition coefficient (Wildman–Crippen LogP) is 3.52. The van der Waals surface area contributed by atoms with E-state index in [-0.39, 0.29) is 5.91 Å². The number of aryl methyl sites for hydroxylation is 1. The van der Waals surface area contributed by atoms with Crippen LogP contribution in [-0.2, 0) is 11.8 Å². The molecule has 0 bridgehead atoms. The molecule has 1 aliphatic heterocycles. The van der Waals surface area contributed by atoms with E-state index in [9.17, 15) is 4.79 Å². The van der Waals surface area contributed by atoms with Crippen molar-refractivity contribution < 1.29 is 4.79 Å². The normalized spacial score (nSPS) is 14.7. The summed E-state index contributed by atoms with van der Waals surface area (Å²) in [6.45, 7) is 0. The highest BCUT2D eigenvalue weighted by Crippen LogP contribution is 2.37. The van der Waals surface area contributed by atoms with Gasteiger partial charge in [-0.3, -0.25) is 10.1 Å². The number of rotatable bonds is 6. The molecule has 2 heterocycles. The number of hydrogen-bond donors (Lipinski definition) is 1. The lowest BCUT2D eigenvalue weighted by molar-refractivity contribution is -0.116. The molecule has 0 saturated heterocycles. The fourth-order valence-electron chi connectivity index (χ4n) is 2.45. The average Bonchev–Trinajstić information content (AvgIpc) is 3.24. The van der Waals surface area contributed by atoms with Crippen LogP contribution in [0, 0.1) is 12.3 Å². The molecule has 0 saturated carbocycles. The Morgan fingerprint density at radius 2 is 2.22 bits per heavy atom. The van der Waals surface area contributed by atoms with Crippen LogP contribution in [0.15, 0.2) is 28.4 Å². The van der Waals surface area contributed by atoms with Gasteiger partial charge in [-0.15, -0.1) is 12.3 Å². The van der Waals surface area contributed by atoms with Gasteiger partial charge in [0.2, 0.25) is 11.9 Å². The molecule has 0 aliphatic carbocycles. The second kappa shape index (κ2) is 6.01. The highest BCUT2D eigenvalue weighted by atomic mass is 35.5. The maximum absolute atomic E-state index is 12.1. The molecule has 0 spiro atoms. The third kappa shape index (κ3) is 3.35. The highest BCUT2D eigenvalue weighted by Gasteiger charge is 2.39. The van der Waals surface area contributed by atoms with Gasteiger partial charge in [-0.05, 0) is 18.2 Å². The maximum Gasteiger partial charge on any atom is 0.226 e. The fourth-order valence-corrected chi connectivity index (χ4v) is 2.62. The van der Waals surface area contributed by atoms with Gasteiger partial charge in [0.1, 0.15) is 0 Å². The first-order chi connectivity index (χ1) is 11.0. The number of carbonyl (C=O) groups excluding carboxylic acids is 1. The highest BCUT2D eigenvalue weighted by molar-refractivity contribution is 6.31. The first kappa shape index (κ1) is 15.5. The van der Waals surface area contributed by atoms with Crippen LogP contribution in [0.25, 0.3) is 11.0 Å². The Kier molecular flexibility index (Phi) is 4.05. The molecular formula is C16H16ClN5O. The summed E-state index contributed by atoms with van der Waals surface area (Å²) in [7, 11) is 1.85. The van der Waals surface area contributed by atoms with Crippen LogP contribution in [-0.4, -0.2) is 21.1 Å². The zero-order valence-electron chi connectivity index (χ0n) is 12.7. The molecule has 23 heavy (non-hydrogen) atoms. The Morgan fingerprint density at radius 3 is 2.91 bits per heavy atom. The van der Waals surface area contributed by atoms with E-state index in [0.717, 1.165) is 11.0 Å². The third-order valence-electron chi connectivity index (χ3n) is 3.90. The molecule has 0 unspecified atom stereocenters. The minimum Gasteiger partial charge on any atom is -0.313 e. The molecule has 6 nitrogen and oxygen atoms in total. The SMILES string of the molecule is C#CCCC1(CCC(=O)Nc2nc3cc(Cl)ccc3n2C)N=N1. The standard InChI is InChI=1S/C16H16ClN5O/c1-3-4-8-16(20-21-16)9-7-14(23)19-15-18-12-10-11(17)5-6-13(12)22(15)2/h1,5-6,10H,4,7-9H2,2H3,(H,18,19,23). The first-order valence-electron chi connectivity index (χ1n) is 7.32. The molecule has 118 valence electrons. The summed E-state index contributed by atoms with van der Waals surface area (Å²) in [5.41, 5.74) is 1.21. The van der Waals surface area contributed by atoms with Gasteiger partial charge in [-0.1, -0.05) is 11.6 Å². The largest absolute Gasteiger partial charge is 0.313 e. The number of anilines is 1. The van der Waals surface area contributed by atoms with E-state index in [2.05, 4.69) is 26.4 Å². The van der Waals surface area contributed by atoms with Crippen molar-refractivity contribution in [2.75, 3.05) is 5.32 Å². The van der Waals surface area contributed by atoms with Crippen LogP contribution in [0.1, 0.15) is 25.7 Å². The molecular weight excluding hydrogens is 314 g/mol. The van der Waals surface area contributed by atoms with Crippen molar-refractivity contribution in [2.45, 2.75) is 31.3 Å². The summed E-state index contributed by atoms with van der Waals surface area (Å²) in [4.78, 5) is 16.5. The van der Waals surface area contributed by atoms with Crippen molar-refractivity contribution in [2.24, 2.45) is 17.3 Å². The number of terminal acetylenes is 1. The van der Waals surface area contributed by atoms with Crippen molar-refractivity contribution in [1.29, 1.82) is 0 Å². The summed E-state index contributed by atoms with van der Waals surface area (Å²) in [6.07, 6.45) is 7.45. The lowest BCUT2D eigenvalue weighted by Gasteiger charge is -2.09. The van der Waals surface area contributed by atoms with Crippen LogP contribution >= 0.6 is 11.6 Å². The van der Waals surface area contributed by atoms with Gasteiger partial charge in [0.15, 0.2) is 5.66 Å². The maximum atomic E-state index is 12.1. The quantitative estimate of drug-likeness (QED) is 0.823. The van der Waals surface area contributed by atoms with Crippen molar-refractivity contribution >= 4 is 34.5 Å². The predicted molar refractivity (Wildman–Crippen MR) is 89.2 cm³/mol. The van der Waals surface area contributed by atoms with Crippen LogP contribution in [0.5, 0.6) is 0 Å². The van der Waals surface area contributed by atoms with E-state index in [4.69, 9.17) is 18.0 Å². The molecule has 0 radical (unpaired) electrons. The van der Waals surface area contributed by atoms with Crippen molar-refractivity contribution in [3.8, 4) is 12.3 Å². The molecule has 1 aliphatic rings. The van der Waals surface area contributed by atoms with E-state index in [0.29, 0.717) is 36.7 Å². The van der Waals surface area contributed by atoms with Crippen LogP contribution < -0.4 is 5.32 Å². The Morgan fingerprint density at radius 1 is 1.43 bits per heavy atom. The van der Waals surface area contributed by atoms with Crippen LogP contribution in [0.3, 0.4) is 0 Å². The lowest BCUT2D eigenvalue weighted by Crippen LogP contribution is -2.19. The Bertz CT molecular complexity index is 827. The number of imidazole rings is 1. The van der Waals surface area contributed by atoms with Gasteiger partial charge < -0.3 is 4.57 Å². The van der Waals surface area contributed by atoms with Crippen LogP contribution in [0.4, 0.5) is 5.95 Å². The number of carbonyl (C=O) groups is 1. The van der Waals surface area contributed by atoms with Gasteiger partial charge in [-0.2, -0.15) is 10.2 Å². The minimum absolute atomic E-state index is 0.119. The second-order valence-corrected chi connectivity index (χ2v) is 6.00. The number of fused-ring (bicyclic) bond motifs is 1. The van der Waals surface area contributed by atoms with Crippen molar-refractivity contribution in [3.63, 3.8) is 0 Å². The number of nitrogens with zero attached hydrogens (tertiary/aromatic N) is 4. The fraction of sp³-hybridized carbons (Fsp3) is 0.375.